The quantitative estimate of drug-likeness (QED) is 0.690. The van der Waals surface area contributed by atoms with Crippen molar-refractivity contribution in [1.82, 2.24) is 15.0 Å². The average molecular weight is 418 g/mol. The fraction of sp³-hybridized carbons (Fsp3) is 0.222. The number of ether oxygens (including phenoxy) is 1. The van der Waals surface area contributed by atoms with Crippen molar-refractivity contribution in [3.63, 3.8) is 0 Å². The molecule has 2 aliphatic rings. The van der Waals surface area contributed by atoms with Crippen LogP contribution in [0.1, 0.15) is 11.5 Å². The Morgan fingerprint density at radius 3 is 2.97 bits per heavy atom. The minimum Gasteiger partial charge on any atom is -0.452 e. The Balaban J connectivity index is 1.41. The maximum absolute atomic E-state index is 13.7. The smallest absolute Gasteiger partial charge is 0.340 e. The zero-order valence-electron chi connectivity index (χ0n) is 15.2. The van der Waals surface area contributed by atoms with Crippen LogP contribution in [0.3, 0.4) is 0 Å². The van der Waals surface area contributed by atoms with Crippen LogP contribution in [0.25, 0.3) is 11.4 Å². The van der Waals surface area contributed by atoms with Gasteiger partial charge in [0.15, 0.2) is 6.61 Å². The van der Waals surface area contributed by atoms with Gasteiger partial charge in [0, 0.05) is 18.3 Å². The summed E-state index contributed by atoms with van der Waals surface area (Å²) in [7, 11) is -3.46. The molecule has 150 valence electrons. The number of esters is 1. The molecule has 0 bridgehead atoms. The Morgan fingerprint density at radius 1 is 1.34 bits per heavy atom. The van der Waals surface area contributed by atoms with Crippen molar-refractivity contribution in [3.05, 3.63) is 59.4 Å². The van der Waals surface area contributed by atoms with Gasteiger partial charge >= 0.3 is 5.97 Å². The van der Waals surface area contributed by atoms with Gasteiger partial charge in [-0.15, -0.1) is 4.40 Å². The summed E-state index contributed by atoms with van der Waals surface area (Å²) >= 11 is 0. The number of aromatic nitrogens is 2. The average Bonchev–Trinajstić information content (AvgIpc) is 3.16. The molecule has 0 saturated carbocycles. The molecule has 0 atom stereocenters. The minimum absolute atomic E-state index is 0.0565. The summed E-state index contributed by atoms with van der Waals surface area (Å²) in [5.41, 5.74) is 1.17. The van der Waals surface area contributed by atoms with E-state index < -0.39 is 16.0 Å². The van der Waals surface area contributed by atoms with Gasteiger partial charge in [0.1, 0.15) is 11.7 Å². The van der Waals surface area contributed by atoms with Gasteiger partial charge < -0.3 is 14.2 Å². The molecule has 2 aliphatic heterocycles. The number of nitrogens with zero attached hydrogens (tertiary/aromatic N) is 4. The first-order valence-electron chi connectivity index (χ1n) is 8.56. The zero-order chi connectivity index (χ0) is 20.6. The van der Waals surface area contributed by atoms with Crippen molar-refractivity contribution in [2.75, 3.05) is 12.3 Å². The third-order valence-corrected chi connectivity index (χ3v) is 5.45. The molecule has 9 nitrogen and oxygen atoms in total. The van der Waals surface area contributed by atoms with E-state index in [9.17, 15) is 17.6 Å². The normalized spacial score (nSPS) is 17.4. The summed E-state index contributed by atoms with van der Waals surface area (Å²) in [6, 6.07) is 4.56. The van der Waals surface area contributed by atoms with Gasteiger partial charge in [-0.05, 0) is 30.7 Å². The fourth-order valence-electron chi connectivity index (χ4n) is 2.69. The topological polar surface area (TPSA) is 115 Å². The summed E-state index contributed by atoms with van der Waals surface area (Å²) in [5.74, 6) is -0.671. The Bertz CT molecular complexity index is 1180. The van der Waals surface area contributed by atoms with Crippen LogP contribution in [0.5, 0.6) is 0 Å². The van der Waals surface area contributed by atoms with Gasteiger partial charge in [0.2, 0.25) is 5.82 Å². The second-order valence-corrected chi connectivity index (χ2v) is 8.15. The summed E-state index contributed by atoms with van der Waals surface area (Å²) in [4.78, 5) is 17.9. The number of carbonyl (C=O) groups excluding carboxylic acids is 1. The molecule has 0 unspecified atom stereocenters. The molecule has 1 aromatic carbocycles. The van der Waals surface area contributed by atoms with Crippen LogP contribution in [-0.4, -0.2) is 47.6 Å². The zero-order valence-corrected chi connectivity index (χ0v) is 16.0. The number of hydrogen-bond donors (Lipinski definition) is 0. The third kappa shape index (κ3) is 4.09. The van der Waals surface area contributed by atoms with E-state index >= 15 is 0 Å². The third-order valence-electron chi connectivity index (χ3n) is 4.28. The second kappa shape index (κ2) is 7.24. The van der Waals surface area contributed by atoms with E-state index in [0.717, 1.165) is 0 Å². The molecule has 0 fully saturated rings. The number of sulfonamides is 1. The van der Waals surface area contributed by atoms with E-state index in [2.05, 4.69) is 14.5 Å². The van der Waals surface area contributed by atoms with E-state index in [1.807, 2.05) is 0 Å². The predicted octanol–water partition coefficient (Wildman–Crippen LogP) is 1.72. The first-order chi connectivity index (χ1) is 13.8. The lowest BCUT2D eigenvalue weighted by Crippen LogP contribution is -2.37. The SMILES string of the molecule is Cc1ccc(-c2noc(COC(=O)C3=CN4CCS(=O)(=O)N=C4C=C3)n2)cc1F. The second-order valence-electron chi connectivity index (χ2n) is 6.40. The Morgan fingerprint density at radius 2 is 2.17 bits per heavy atom. The lowest BCUT2D eigenvalue weighted by atomic mass is 10.1. The number of carbonyl (C=O) groups is 1. The van der Waals surface area contributed by atoms with E-state index in [1.54, 1.807) is 24.0 Å². The van der Waals surface area contributed by atoms with Crippen molar-refractivity contribution in [2.24, 2.45) is 4.40 Å². The summed E-state index contributed by atoms with van der Waals surface area (Å²) in [5, 5.41) is 3.76. The van der Waals surface area contributed by atoms with Crippen LogP contribution in [0.2, 0.25) is 0 Å². The number of amidine groups is 1. The van der Waals surface area contributed by atoms with Crippen LogP contribution in [0.4, 0.5) is 4.39 Å². The molecule has 0 amide bonds. The van der Waals surface area contributed by atoms with Crippen LogP contribution in [0, 0.1) is 12.7 Å². The van der Waals surface area contributed by atoms with Crippen LogP contribution in [0.15, 0.2) is 51.0 Å². The molecule has 3 heterocycles. The van der Waals surface area contributed by atoms with E-state index in [0.29, 0.717) is 11.1 Å². The summed E-state index contributed by atoms with van der Waals surface area (Å²) < 4.78 is 50.6. The van der Waals surface area contributed by atoms with Gasteiger partial charge in [0.05, 0.1) is 11.3 Å². The molecule has 0 saturated heterocycles. The van der Waals surface area contributed by atoms with Crippen molar-refractivity contribution in [2.45, 2.75) is 13.5 Å². The number of halogens is 1. The minimum atomic E-state index is -3.46. The molecule has 29 heavy (non-hydrogen) atoms. The van der Waals surface area contributed by atoms with Crippen molar-refractivity contribution in [1.29, 1.82) is 0 Å². The Kier molecular flexibility index (Phi) is 4.74. The summed E-state index contributed by atoms with van der Waals surface area (Å²) in [6.07, 6.45) is 4.33. The number of rotatable bonds is 4. The van der Waals surface area contributed by atoms with E-state index in [4.69, 9.17) is 9.26 Å². The molecule has 0 aliphatic carbocycles. The number of hydrogen-bond acceptors (Lipinski definition) is 8. The summed E-state index contributed by atoms with van der Waals surface area (Å²) in [6.45, 7) is 1.58. The lowest BCUT2D eigenvalue weighted by Gasteiger charge is -2.26. The molecule has 11 heteroatoms. The first-order valence-corrected chi connectivity index (χ1v) is 10.2. The van der Waals surface area contributed by atoms with Gasteiger partial charge in [-0.1, -0.05) is 17.3 Å². The molecule has 0 radical (unpaired) electrons. The number of fused-ring (bicyclic) bond motifs is 1. The molecule has 0 spiro atoms. The Labute approximate surface area is 165 Å². The van der Waals surface area contributed by atoms with Gasteiger partial charge in [-0.2, -0.15) is 4.98 Å². The standard InChI is InChI=1S/C18H15FN4O5S/c1-11-2-3-12(8-14(11)19)17-20-16(28-21-17)10-27-18(24)13-4-5-15-22-29(25,26)7-6-23(15)9-13/h2-5,8-9H,6-7,10H2,1H3. The largest absolute Gasteiger partial charge is 0.452 e. The van der Waals surface area contributed by atoms with Crippen molar-refractivity contribution in [3.8, 4) is 11.4 Å². The molecule has 2 aromatic rings. The van der Waals surface area contributed by atoms with Crippen molar-refractivity contribution < 1.29 is 26.9 Å². The first kappa shape index (κ1) is 19.0. The highest BCUT2D eigenvalue weighted by molar-refractivity contribution is 7.90. The molecular formula is C18H15FN4O5S. The van der Waals surface area contributed by atoms with Crippen LogP contribution < -0.4 is 0 Å². The van der Waals surface area contributed by atoms with Gasteiger partial charge in [-0.25, -0.2) is 17.6 Å². The lowest BCUT2D eigenvalue weighted by molar-refractivity contribution is -0.140. The number of benzene rings is 1. The molecular weight excluding hydrogens is 403 g/mol. The predicted molar refractivity (Wildman–Crippen MR) is 99.4 cm³/mol. The molecule has 1 aromatic heterocycles. The van der Waals surface area contributed by atoms with E-state index in [-0.39, 0.29) is 47.8 Å². The fourth-order valence-corrected chi connectivity index (χ4v) is 3.66. The molecule has 4 rings (SSSR count). The highest BCUT2D eigenvalue weighted by Crippen LogP contribution is 2.20. The molecule has 0 N–H and O–H groups in total. The van der Waals surface area contributed by atoms with Crippen molar-refractivity contribution >= 4 is 21.8 Å². The number of aryl methyl sites for hydroxylation is 1. The van der Waals surface area contributed by atoms with Crippen LogP contribution >= 0.6 is 0 Å². The van der Waals surface area contributed by atoms with E-state index in [1.165, 1.54) is 24.4 Å². The van der Waals surface area contributed by atoms with Gasteiger partial charge in [-0.3, -0.25) is 0 Å². The maximum atomic E-state index is 13.7. The van der Waals surface area contributed by atoms with Gasteiger partial charge in [0.25, 0.3) is 15.9 Å². The monoisotopic (exact) mass is 418 g/mol. The highest BCUT2D eigenvalue weighted by atomic mass is 32.2. The van der Waals surface area contributed by atoms with Crippen LogP contribution in [-0.2, 0) is 26.2 Å². The highest BCUT2D eigenvalue weighted by Gasteiger charge is 2.25. The Hall–Kier alpha value is -3.34. The maximum Gasteiger partial charge on any atom is 0.340 e.